The summed E-state index contributed by atoms with van der Waals surface area (Å²) in [6, 6.07) is 14.4. The summed E-state index contributed by atoms with van der Waals surface area (Å²) in [5.41, 5.74) is 1.43. The van der Waals surface area contributed by atoms with Gasteiger partial charge in [-0.05, 0) is 29.2 Å². The summed E-state index contributed by atoms with van der Waals surface area (Å²) in [4.78, 5) is 24.5. The van der Waals surface area contributed by atoms with E-state index in [4.69, 9.17) is 4.74 Å². The fourth-order valence-electron chi connectivity index (χ4n) is 2.37. The lowest BCUT2D eigenvalue weighted by molar-refractivity contribution is -0.150. The second kappa shape index (κ2) is 8.97. The highest BCUT2D eigenvalue weighted by Gasteiger charge is 2.25. The third-order valence-corrected chi connectivity index (χ3v) is 3.71. The van der Waals surface area contributed by atoms with Crippen molar-refractivity contribution in [3.8, 4) is 0 Å². The summed E-state index contributed by atoms with van der Waals surface area (Å²) in [5, 5.41) is 2.72. The third-order valence-electron chi connectivity index (χ3n) is 3.71. The van der Waals surface area contributed by atoms with Crippen LogP contribution in [0.3, 0.4) is 0 Å². The monoisotopic (exact) mass is 343 g/mol. The standard InChI is InChI=1S/C20H22FNO3/c1-14(2)19(22-18(23)12-15-7-4-3-5-8-15)20(24)25-13-16-9-6-10-17(21)11-16/h3-11,14,19H,12-13H2,1-2H3,(H,22,23)/t19-/m1/s1. The molecule has 0 heterocycles. The van der Waals surface area contributed by atoms with Crippen molar-refractivity contribution in [3.05, 3.63) is 71.5 Å². The van der Waals surface area contributed by atoms with Crippen molar-refractivity contribution in [3.63, 3.8) is 0 Å². The van der Waals surface area contributed by atoms with E-state index < -0.39 is 12.0 Å². The SMILES string of the molecule is CC(C)[C@@H](NC(=O)Cc1ccccc1)C(=O)OCc1cccc(F)c1. The average molecular weight is 343 g/mol. The minimum absolute atomic E-state index is 0.0334. The van der Waals surface area contributed by atoms with Crippen molar-refractivity contribution in [2.75, 3.05) is 0 Å². The maximum Gasteiger partial charge on any atom is 0.329 e. The van der Waals surface area contributed by atoms with Gasteiger partial charge in [-0.2, -0.15) is 0 Å². The summed E-state index contributed by atoms with van der Waals surface area (Å²) in [6.07, 6.45) is 0.196. The number of benzene rings is 2. The average Bonchev–Trinajstić information content (AvgIpc) is 2.58. The minimum Gasteiger partial charge on any atom is -0.459 e. The lowest BCUT2D eigenvalue weighted by Crippen LogP contribution is -2.45. The third kappa shape index (κ3) is 6.03. The predicted molar refractivity (Wildman–Crippen MR) is 93.1 cm³/mol. The molecule has 25 heavy (non-hydrogen) atoms. The van der Waals surface area contributed by atoms with E-state index in [1.165, 1.54) is 12.1 Å². The van der Waals surface area contributed by atoms with Crippen LogP contribution in [0.2, 0.25) is 0 Å². The molecule has 0 saturated carbocycles. The molecular weight excluding hydrogens is 321 g/mol. The summed E-state index contributed by atoms with van der Waals surface area (Å²) in [7, 11) is 0. The van der Waals surface area contributed by atoms with Gasteiger partial charge in [0.15, 0.2) is 0 Å². The minimum atomic E-state index is -0.746. The van der Waals surface area contributed by atoms with Gasteiger partial charge in [0.05, 0.1) is 6.42 Å². The molecule has 0 radical (unpaired) electrons. The Kier molecular flexibility index (Phi) is 6.69. The van der Waals surface area contributed by atoms with Gasteiger partial charge in [-0.25, -0.2) is 9.18 Å². The van der Waals surface area contributed by atoms with Crippen LogP contribution in [-0.4, -0.2) is 17.9 Å². The molecule has 0 aromatic heterocycles. The molecule has 4 nitrogen and oxygen atoms in total. The number of amides is 1. The van der Waals surface area contributed by atoms with Crippen LogP contribution in [0.5, 0.6) is 0 Å². The van der Waals surface area contributed by atoms with Crippen LogP contribution in [0.15, 0.2) is 54.6 Å². The molecule has 0 aliphatic carbocycles. The smallest absolute Gasteiger partial charge is 0.329 e. The van der Waals surface area contributed by atoms with Gasteiger partial charge >= 0.3 is 5.97 Å². The van der Waals surface area contributed by atoms with Crippen LogP contribution in [0, 0.1) is 11.7 Å². The van der Waals surface area contributed by atoms with Crippen molar-refractivity contribution in [2.24, 2.45) is 5.92 Å². The Balaban J connectivity index is 1.92. The molecule has 0 fully saturated rings. The summed E-state index contributed by atoms with van der Waals surface area (Å²) < 4.78 is 18.4. The Labute approximate surface area is 147 Å². The number of carbonyl (C=O) groups excluding carboxylic acids is 2. The first-order valence-electron chi connectivity index (χ1n) is 8.20. The van der Waals surface area contributed by atoms with Gasteiger partial charge in [-0.3, -0.25) is 4.79 Å². The van der Waals surface area contributed by atoms with Crippen molar-refractivity contribution >= 4 is 11.9 Å². The van der Waals surface area contributed by atoms with Crippen LogP contribution in [0.25, 0.3) is 0 Å². The van der Waals surface area contributed by atoms with E-state index in [2.05, 4.69) is 5.32 Å². The molecular formula is C20H22FNO3. The molecule has 1 N–H and O–H groups in total. The molecule has 5 heteroatoms. The van der Waals surface area contributed by atoms with Crippen molar-refractivity contribution < 1.29 is 18.7 Å². The number of nitrogens with one attached hydrogen (secondary N) is 1. The fraction of sp³-hybridized carbons (Fsp3) is 0.300. The Morgan fingerprint density at radius 1 is 1.04 bits per heavy atom. The normalized spacial score (nSPS) is 11.8. The number of esters is 1. The summed E-state index contributed by atoms with van der Waals surface area (Å²) >= 11 is 0. The van der Waals surface area contributed by atoms with E-state index in [0.29, 0.717) is 5.56 Å². The first kappa shape index (κ1) is 18.6. The van der Waals surface area contributed by atoms with Gasteiger partial charge in [-0.15, -0.1) is 0 Å². The molecule has 0 saturated heterocycles. The van der Waals surface area contributed by atoms with Crippen LogP contribution in [-0.2, 0) is 27.4 Å². The largest absolute Gasteiger partial charge is 0.459 e. The molecule has 0 aliphatic heterocycles. The quantitative estimate of drug-likeness (QED) is 0.785. The van der Waals surface area contributed by atoms with Crippen LogP contribution in [0.4, 0.5) is 4.39 Å². The van der Waals surface area contributed by atoms with Gasteiger partial charge in [-0.1, -0.05) is 56.3 Å². The van der Waals surface area contributed by atoms with Gasteiger partial charge in [0, 0.05) is 0 Å². The fourth-order valence-corrected chi connectivity index (χ4v) is 2.37. The molecule has 2 aromatic carbocycles. The maximum absolute atomic E-state index is 13.2. The molecule has 0 bridgehead atoms. The number of ether oxygens (including phenoxy) is 1. The number of halogens is 1. The van der Waals surface area contributed by atoms with E-state index in [1.807, 2.05) is 44.2 Å². The molecule has 1 amide bonds. The van der Waals surface area contributed by atoms with E-state index in [1.54, 1.807) is 12.1 Å². The van der Waals surface area contributed by atoms with E-state index in [9.17, 15) is 14.0 Å². The highest BCUT2D eigenvalue weighted by Crippen LogP contribution is 2.09. The first-order valence-corrected chi connectivity index (χ1v) is 8.20. The van der Waals surface area contributed by atoms with Gasteiger partial charge in [0.2, 0.25) is 5.91 Å². The molecule has 1 atom stereocenters. The van der Waals surface area contributed by atoms with Crippen molar-refractivity contribution in [1.82, 2.24) is 5.32 Å². The topological polar surface area (TPSA) is 55.4 Å². The second-order valence-electron chi connectivity index (χ2n) is 6.19. The van der Waals surface area contributed by atoms with E-state index in [-0.39, 0.29) is 30.7 Å². The first-order chi connectivity index (χ1) is 12.0. The lowest BCUT2D eigenvalue weighted by Gasteiger charge is -2.21. The Bertz CT molecular complexity index is 716. The van der Waals surface area contributed by atoms with Gasteiger partial charge in [0.1, 0.15) is 18.5 Å². The van der Waals surface area contributed by atoms with Gasteiger partial charge < -0.3 is 10.1 Å². The van der Waals surface area contributed by atoms with Crippen molar-refractivity contribution in [2.45, 2.75) is 32.9 Å². The summed E-state index contributed by atoms with van der Waals surface area (Å²) in [5.74, 6) is -1.28. The predicted octanol–water partition coefficient (Wildman–Crippen LogP) is 3.25. The molecule has 2 rings (SSSR count). The Morgan fingerprint density at radius 2 is 1.72 bits per heavy atom. The van der Waals surface area contributed by atoms with Crippen LogP contribution >= 0.6 is 0 Å². The Morgan fingerprint density at radius 3 is 2.36 bits per heavy atom. The van der Waals surface area contributed by atoms with E-state index in [0.717, 1.165) is 5.56 Å². The zero-order valence-corrected chi connectivity index (χ0v) is 14.4. The number of hydrogen-bond donors (Lipinski definition) is 1. The molecule has 132 valence electrons. The maximum atomic E-state index is 13.2. The molecule has 0 unspecified atom stereocenters. The molecule has 0 aliphatic rings. The van der Waals surface area contributed by atoms with E-state index >= 15 is 0 Å². The van der Waals surface area contributed by atoms with Crippen molar-refractivity contribution in [1.29, 1.82) is 0 Å². The molecule has 2 aromatic rings. The Hall–Kier alpha value is -2.69. The van der Waals surface area contributed by atoms with Crippen LogP contribution in [0.1, 0.15) is 25.0 Å². The lowest BCUT2D eigenvalue weighted by atomic mass is 10.0. The van der Waals surface area contributed by atoms with Crippen LogP contribution < -0.4 is 5.32 Å². The highest BCUT2D eigenvalue weighted by molar-refractivity contribution is 5.85. The number of rotatable bonds is 7. The highest BCUT2D eigenvalue weighted by atomic mass is 19.1. The molecule has 0 spiro atoms. The summed E-state index contributed by atoms with van der Waals surface area (Å²) in [6.45, 7) is 3.63. The number of hydrogen-bond acceptors (Lipinski definition) is 3. The number of carbonyl (C=O) groups is 2. The second-order valence-corrected chi connectivity index (χ2v) is 6.19. The van der Waals surface area contributed by atoms with Gasteiger partial charge in [0.25, 0.3) is 0 Å². The zero-order valence-electron chi connectivity index (χ0n) is 14.4. The zero-order chi connectivity index (χ0) is 18.2.